The Morgan fingerprint density at radius 1 is 1.10 bits per heavy atom. The third-order valence-corrected chi connectivity index (χ3v) is 6.24. The molecule has 0 radical (unpaired) electrons. The predicted molar refractivity (Wildman–Crippen MR) is 130 cm³/mol. The number of carbonyl (C=O) groups is 1. The highest BCUT2D eigenvalue weighted by Crippen LogP contribution is 2.29. The molecule has 1 amide bonds. The van der Waals surface area contributed by atoms with E-state index in [-0.39, 0.29) is 5.91 Å². The van der Waals surface area contributed by atoms with Gasteiger partial charge in [0.15, 0.2) is 5.11 Å². The van der Waals surface area contributed by atoms with Crippen LogP contribution in [0.4, 0.5) is 5.69 Å². The number of nitrogens with one attached hydrogen (secondary N) is 2. The highest BCUT2D eigenvalue weighted by Gasteiger charge is 2.31. The molecule has 1 fully saturated rings. The minimum Gasteiger partial charge on any atom is -0.360 e. The second-order valence-electron chi connectivity index (χ2n) is 8.00. The maximum Gasteiger partial charge on any atom is 0.272 e. The van der Waals surface area contributed by atoms with E-state index in [2.05, 4.69) is 22.6 Å². The van der Waals surface area contributed by atoms with Crippen molar-refractivity contribution < 1.29 is 4.79 Å². The van der Waals surface area contributed by atoms with Crippen molar-refractivity contribution in [1.82, 2.24) is 15.5 Å². The van der Waals surface area contributed by atoms with Gasteiger partial charge >= 0.3 is 0 Å². The van der Waals surface area contributed by atoms with Crippen LogP contribution >= 0.6 is 23.8 Å². The molecule has 2 N–H and O–H groups in total. The fourth-order valence-corrected chi connectivity index (χ4v) is 4.42. The van der Waals surface area contributed by atoms with Gasteiger partial charge in [0.2, 0.25) is 6.17 Å². The van der Waals surface area contributed by atoms with Crippen LogP contribution in [0.15, 0.2) is 53.5 Å². The average Bonchev–Trinajstić information content (AvgIpc) is 2.86. The number of likely N-dealkylation sites (N-methyl/N-ethyl adjacent to an activating group) is 1. The molecule has 31 heavy (non-hydrogen) atoms. The van der Waals surface area contributed by atoms with E-state index < -0.39 is 6.17 Å². The standard InChI is InChI=1S/C23H26ClN5OS/c1-28-12-10-17(11-13-28)25-23(31)27-21-22(30)29(2)19-9-8-16(24)14-18(19)20(26-21)15-6-4-3-5-7-15/h3-9,14,17,21H,10-13H2,1-2H3,(H2,25,27,31). The number of likely N-dealkylation sites (tertiary alicyclic amines) is 1. The molecule has 1 unspecified atom stereocenters. The number of fused-ring (bicyclic) bond motifs is 1. The Balaban J connectivity index is 1.64. The van der Waals surface area contributed by atoms with Crippen LogP contribution in [-0.2, 0) is 4.79 Å². The minimum absolute atomic E-state index is 0.179. The van der Waals surface area contributed by atoms with E-state index in [1.165, 1.54) is 0 Å². The number of benzene rings is 2. The molecule has 8 heteroatoms. The zero-order chi connectivity index (χ0) is 22.0. The molecule has 0 spiro atoms. The molecule has 0 bridgehead atoms. The lowest BCUT2D eigenvalue weighted by Gasteiger charge is -2.31. The first-order chi connectivity index (χ1) is 14.9. The summed E-state index contributed by atoms with van der Waals surface area (Å²) in [6.07, 6.45) is 1.19. The highest BCUT2D eigenvalue weighted by molar-refractivity contribution is 7.80. The largest absolute Gasteiger partial charge is 0.360 e. The zero-order valence-electron chi connectivity index (χ0n) is 17.6. The number of hydrogen-bond donors (Lipinski definition) is 2. The molecule has 2 heterocycles. The molecular weight excluding hydrogens is 430 g/mol. The summed E-state index contributed by atoms with van der Waals surface area (Å²) in [5.74, 6) is -0.179. The summed E-state index contributed by atoms with van der Waals surface area (Å²) in [4.78, 5) is 22.0. The predicted octanol–water partition coefficient (Wildman–Crippen LogP) is 3.04. The van der Waals surface area contributed by atoms with Gasteiger partial charge in [0, 0.05) is 29.2 Å². The second-order valence-corrected chi connectivity index (χ2v) is 8.85. The van der Waals surface area contributed by atoms with E-state index in [4.69, 9.17) is 28.8 Å². The number of anilines is 1. The summed E-state index contributed by atoms with van der Waals surface area (Å²) in [7, 11) is 3.87. The summed E-state index contributed by atoms with van der Waals surface area (Å²) in [6.45, 7) is 2.05. The molecule has 0 saturated carbocycles. The van der Waals surface area contributed by atoms with Crippen molar-refractivity contribution in [3.8, 4) is 0 Å². The number of aliphatic imine (C=N–C) groups is 1. The first-order valence-electron chi connectivity index (χ1n) is 10.4. The van der Waals surface area contributed by atoms with Crippen LogP contribution in [0.3, 0.4) is 0 Å². The number of halogens is 1. The van der Waals surface area contributed by atoms with Crippen molar-refractivity contribution in [1.29, 1.82) is 0 Å². The zero-order valence-corrected chi connectivity index (χ0v) is 19.2. The molecule has 162 valence electrons. The molecule has 2 aromatic carbocycles. The molecule has 2 aliphatic rings. The quantitative estimate of drug-likeness (QED) is 0.696. The maximum atomic E-state index is 13.3. The molecule has 0 aromatic heterocycles. The lowest BCUT2D eigenvalue weighted by Crippen LogP contribution is -2.52. The lowest BCUT2D eigenvalue weighted by atomic mass is 10.0. The summed E-state index contributed by atoms with van der Waals surface area (Å²) in [6, 6.07) is 15.6. The van der Waals surface area contributed by atoms with Crippen LogP contribution < -0.4 is 15.5 Å². The number of rotatable bonds is 3. The monoisotopic (exact) mass is 455 g/mol. The van der Waals surface area contributed by atoms with Gasteiger partial charge in [-0.1, -0.05) is 41.9 Å². The molecule has 4 rings (SSSR count). The van der Waals surface area contributed by atoms with Crippen molar-refractivity contribution in [2.45, 2.75) is 25.0 Å². The third-order valence-electron chi connectivity index (χ3n) is 5.77. The normalized spacial score (nSPS) is 20.0. The van der Waals surface area contributed by atoms with Gasteiger partial charge in [-0.3, -0.25) is 4.79 Å². The van der Waals surface area contributed by atoms with Gasteiger partial charge in [0.1, 0.15) is 0 Å². The number of benzodiazepines with no additional fused rings is 1. The Kier molecular flexibility index (Phi) is 6.55. The van der Waals surface area contributed by atoms with E-state index in [9.17, 15) is 4.79 Å². The van der Waals surface area contributed by atoms with E-state index in [1.807, 2.05) is 42.5 Å². The minimum atomic E-state index is -0.836. The van der Waals surface area contributed by atoms with E-state index in [0.717, 1.165) is 42.7 Å². The maximum absolute atomic E-state index is 13.3. The Hall–Kier alpha value is -2.48. The van der Waals surface area contributed by atoms with Gasteiger partial charge in [-0.2, -0.15) is 0 Å². The molecule has 2 aromatic rings. The van der Waals surface area contributed by atoms with E-state index >= 15 is 0 Å². The van der Waals surface area contributed by atoms with E-state index in [1.54, 1.807) is 18.0 Å². The number of piperidine rings is 1. The van der Waals surface area contributed by atoms with Crippen LogP contribution in [0.1, 0.15) is 24.0 Å². The van der Waals surface area contributed by atoms with Crippen LogP contribution in [0.2, 0.25) is 5.02 Å². The van der Waals surface area contributed by atoms with Crippen molar-refractivity contribution in [3.05, 3.63) is 64.7 Å². The Labute approximate surface area is 193 Å². The summed E-state index contributed by atoms with van der Waals surface area (Å²) in [5, 5.41) is 7.54. The molecule has 2 aliphatic heterocycles. The van der Waals surface area contributed by atoms with Gasteiger partial charge in [-0.05, 0) is 63.4 Å². The van der Waals surface area contributed by atoms with Gasteiger partial charge in [-0.15, -0.1) is 0 Å². The number of hydrogen-bond acceptors (Lipinski definition) is 4. The second kappa shape index (κ2) is 9.34. The SMILES string of the molecule is CN1CCC(NC(=S)NC2N=C(c3ccccc3)c3cc(Cl)ccc3N(C)C2=O)CC1. The Morgan fingerprint density at radius 2 is 1.81 bits per heavy atom. The van der Waals surface area contributed by atoms with Crippen molar-refractivity contribution in [3.63, 3.8) is 0 Å². The third kappa shape index (κ3) is 4.89. The van der Waals surface area contributed by atoms with Crippen LogP contribution in [-0.4, -0.2) is 61.0 Å². The van der Waals surface area contributed by atoms with Crippen molar-refractivity contribution >= 4 is 46.2 Å². The number of carbonyl (C=O) groups excluding carboxylic acids is 1. The molecular formula is C23H26ClN5OS. The molecule has 0 aliphatic carbocycles. The van der Waals surface area contributed by atoms with Gasteiger partial charge in [-0.25, -0.2) is 4.99 Å². The summed E-state index contributed by atoms with van der Waals surface area (Å²) in [5.41, 5.74) is 3.19. The van der Waals surface area contributed by atoms with Crippen molar-refractivity contribution in [2.75, 3.05) is 32.1 Å². The van der Waals surface area contributed by atoms with Crippen LogP contribution in [0.5, 0.6) is 0 Å². The highest BCUT2D eigenvalue weighted by atomic mass is 35.5. The fraction of sp³-hybridized carbons (Fsp3) is 0.348. The number of amides is 1. The van der Waals surface area contributed by atoms with E-state index in [0.29, 0.717) is 21.9 Å². The van der Waals surface area contributed by atoms with Crippen LogP contribution in [0, 0.1) is 0 Å². The first kappa shape index (κ1) is 21.7. The Bertz CT molecular complexity index is 1000. The summed E-state index contributed by atoms with van der Waals surface area (Å²) < 4.78 is 0. The summed E-state index contributed by atoms with van der Waals surface area (Å²) >= 11 is 11.8. The van der Waals surface area contributed by atoms with Gasteiger partial charge in [0.25, 0.3) is 5.91 Å². The number of nitrogens with zero attached hydrogens (tertiary/aromatic N) is 3. The smallest absolute Gasteiger partial charge is 0.272 e. The number of thiocarbonyl (C=S) groups is 1. The average molecular weight is 456 g/mol. The molecule has 6 nitrogen and oxygen atoms in total. The molecule has 1 atom stereocenters. The fourth-order valence-electron chi connectivity index (χ4n) is 3.97. The van der Waals surface area contributed by atoms with Crippen LogP contribution in [0.25, 0.3) is 0 Å². The van der Waals surface area contributed by atoms with Gasteiger partial charge in [0.05, 0.1) is 11.4 Å². The topological polar surface area (TPSA) is 60.0 Å². The van der Waals surface area contributed by atoms with Gasteiger partial charge < -0.3 is 20.4 Å². The lowest BCUT2D eigenvalue weighted by molar-refractivity contribution is -0.119. The Morgan fingerprint density at radius 3 is 2.52 bits per heavy atom. The van der Waals surface area contributed by atoms with Crippen molar-refractivity contribution in [2.24, 2.45) is 4.99 Å². The molecule has 1 saturated heterocycles. The first-order valence-corrected chi connectivity index (χ1v) is 11.2.